The van der Waals surface area contributed by atoms with Crippen molar-refractivity contribution in [2.24, 2.45) is 5.92 Å². The number of nitrogens with zero attached hydrogens (tertiary/aromatic N) is 7. The molecule has 8 nitrogen and oxygen atoms in total. The van der Waals surface area contributed by atoms with Crippen molar-refractivity contribution in [2.45, 2.75) is 13.8 Å². The van der Waals surface area contributed by atoms with Gasteiger partial charge < -0.3 is 9.80 Å². The first kappa shape index (κ1) is 12.8. The standard InChI is InChI=1S/C12H17N7O/c1-9(2)12(20)18-7-5-17(6-8-18)11-4-3-10-13-15-16-19(10)14-11/h3-4,9H,5-8H2,1-2H3. The second-order valence-corrected chi connectivity index (χ2v) is 5.19. The first-order valence-electron chi connectivity index (χ1n) is 6.74. The summed E-state index contributed by atoms with van der Waals surface area (Å²) in [5.41, 5.74) is 0.627. The van der Waals surface area contributed by atoms with E-state index in [9.17, 15) is 4.79 Å². The van der Waals surface area contributed by atoms with E-state index in [0.717, 1.165) is 32.0 Å². The van der Waals surface area contributed by atoms with E-state index >= 15 is 0 Å². The van der Waals surface area contributed by atoms with Gasteiger partial charge in [0.25, 0.3) is 0 Å². The molecule has 0 radical (unpaired) electrons. The van der Waals surface area contributed by atoms with Crippen molar-refractivity contribution in [2.75, 3.05) is 31.1 Å². The van der Waals surface area contributed by atoms with Gasteiger partial charge in [0.1, 0.15) is 0 Å². The van der Waals surface area contributed by atoms with Crippen LogP contribution < -0.4 is 4.90 Å². The van der Waals surface area contributed by atoms with Gasteiger partial charge in [-0.05, 0) is 22.6 Å². The molecule has 0 spiro atoms. The zero-order valence-electron chi connectivity index (χ0n) is 11.6. The van der Waals surface area contributed by atoms with Gasteiger partial charge in [-0.2, -0.15) is 0 Å². The first-order valence-corrected chi connectivity index (χ1v) is 6.74. The molecule has 0 aliphatic carbocycles. The Bertz CT molecular complexity index is 615. The molecule has 1 fully saturated rings. The highest BCUT2D eigenvalue weighted by Gasteiger charge is 2.23. The Hall–Kier alpha value is -2.25. The highest BCUT2D eigenvalue weighted by molar-refractivity contribution is 5.78. The summed E-state index contributed by atoms with van der Waals surface area (Å²) in [6.07, 6.45) is 0. The van der Waals surface area contributed by atoms with Crippen LogP contribution in [0.15, 0.2) is 12.1 Å². The van der Waals surface area contributed by atoms with Crippen molar-refractivity contribution >= 4 is 17.4 Å². The second kappa shape index (κ2) is 5.03. The van der Waals surface area contributed by atoms with E-state index in [0.29, 0.717) is 5.65 Å². The van der Waals surface area contributed by atoms with Gasteiger partial charge in [0.15, 0.2) is 11.5 Å². The summed E-state index contributed by atoms with van der Waals surface area (Å²) in [7, 11) is 0. The highest BCUT2D eigenvalue weighted by Crippen LogP contribution is 2.14. The molecule has 106 valence electrons. The van der Waals surface area contributed by atoms with E-state index in [2.05, 4.69) is 25.5 Å². The lowest BCUT2D eigenvalue weighted by atomic mass is 10.1. The minimum atomic E-state index is 0.0530. The Balaban J connectivity index is 1.69. The molecule has 0 atom stereocenters. The maximum atomic E-state index is 11.9. The maximum absolute atomic E-state index is 11.9. The largest absolute Gasteiger partial charge is 0.352 e. The average molecular weight is 275 g/mol. The summed E-state index contributed by atoms with van der Waals surface area (Å²) >= 11 is 0. The summed E-state index contributed by atoms with van der Waals surface area (Å²) in [6.45, 7) is 6.88. The minimum absolute atomic E-state index is 0.0530. The third-order valence-electron chi connectivity index (χ3n) is 3.46. The molecule has 0 saturated carbocycles. The Labute approximate surface area is 116 Å². The Kier molecular flexibility index (Phi) is 3.21. The third-order valence-corrected chi connectivity index (χ3v) is 3.46. The zero-order valence-corrected chi connectivity index (χ0v) is 11.6. The topological polar surface area (TPSA) is 79.5 Å². The third kappa shape index (κ3) is 2.28. The number of piperazine rings is 1. The SMILES string of the molecule is CC(C)C(=O)N1CCN(c2ccc3nnnn3n2)CC1. The van der Waals surface area contributed by atoms with Crippen LogP contribution in [0.4, 0.5) is 5.82 Å². The minimum Gasteiger partial charge on any atom is -0.352 e. The van der Waals surface area contributed by atoms with Gasteiger partial charge >= 0.3 is 0 Å². The van der Waals surface area contributed by atoms with Gasteiger partial charge in [-0.25, -0.2) is 0 Å². The molecule has 2 aromatic heterocycles. The molecule has 0 N–H and O–H groups in total. The molecular formula is C12H17N7O. The van der Waals surface area contributed by atoms with E-state index in [-0.39, 0.29) is 11.8 Å². The number of carbonyl (C=O) groups excluding carboxylic acids is 1. The van der Waals surface area contributed by atoms with Crippen molar-refractivity contribution in [1.82, 2.24) is 30.2 Å². The lowest BCUT2D eigenvalue weighted by molar-refractivity contribution is -0.134. The fraction of sp³-hybridized carbons (Fsp3) is 0.583. The number of hydrogen-bond acceptors (Lipinski definition) is 6. The number of aromatic nitrogens is 5. The predicted molar refractivity (Wildman–Crippen MR) is 72.2 cm³/mol. The van der Waals surface area contributed by atoms with Gasteiger partial charge in [0.05, 0.1) is 0 Å². The van der Waals surface area contributed by atoms with Crippen LogP contribution in [-0.2, 0) is 4.79 Å². The van der Waals surface area contributed by atoms with E-state index in [1.54, 1.807) is 0 Å². The average Bonchev–Trinajstić information content (AvgIpc) is 2.94. The van der Waals surface area contributed by atoms with Gasteiger partial charge in [-0.15, -0.1) is 14.8 Å². The number of hydrogen-bond donors (Lipinski definition) is 0. The van der Waals surface area contributed by atoms with E-state index < -0.39 is 0 Å². The quantitative estimate of drug-likeness (QED) is 0.756. The fourth-order valence-electron chi connectivity index (χ4n) is 2.33. The van der Waals surface area contributed by atoms with Gasteiger partial charge in [0, 0.05) is 32.1 Å². The van der Waals surface area contributed by atoms with Crippen LogP contribution in [0.2, 0.25) is 0 Å². The molecule has 2 aromatic rings. The molecule has 1 saturated heterocycles. The number of anilines is 1. The van der Waals surface area contributed by atoms with Crippen molar-refractivity contribution in [3.8, 4) is 0 Å². The second-order valence-electron chi connectivity index (χ2n) is 5.19. The Morgan fingerprint density at radius 1 is 1.20 bits per heavy atom. The van der Waals surface area contributed by atoms with Crippen LogP contribution in [0.3, 0.4) is 0 Å². The number of fused-ring (bicyclic) bond motifs is 1. The Morgan fingerprint density at radius 3 is 2.65 bits per heavy atom. The number of tetrazole rings is 1. The van der Waals surface area contributed by atoms with Crippen LogP contribution in [0, 0.1) is 5.92 Å². The summed E-state index contributed by atoms with van der Waals surface area (Å²) in [5, 5.41) is 15.6. The highest BCUT2D eigenvalue weighted by atomic mass is 16.2. The van der Waals surface area contributed by atoms with E-state index in [4.69, 9.17) is 0 Å². The summed E-state index contributed by atoms with van der Waals surface area (Å²) in [6, 6.07) is 3.75. The van der Waals surface area contributed by atoms with E-state index in [1.165, 1.54) is 4.63 Å². The molecule has 20 heavy (non-hydrogen) atoms. The molecule has 1 aliphatic heterocycles. The maximum Gasteiger partial charge on any atom is 0.225 e. The molecule has 3 heterocycles. The summed E-state index contributed by atoms with van der Waals surface area (Å²) < 4.78 is 1.42. The molecule has 0 aromatic carbocycles. The molecular weight excluding hydrogens is 258 g/mol. The molecule has 0 unspecified atom stereocenters. The summed E-state index contributed by atoms with van der Waals surface area (Å²) in [5.74, 6) is 1.10. The number of amides is 1. The number of rotatable bonds is 2. The molecule has 3 rings (SSSR count). The monoisotopic (exact) mass is 275 g/mol. The van der Waals surface area contributed by atoms with Crippen molar-refractivity contribution in [3.05, 3.63) is 12.1 Å². The van der Waals surface area contributed by atoms with Crippen molar-refractivity contribution in [1.29, 1.82) is 0 Å². The summed E-state index contributed by atoms with van der Waals surface area (Å²) in [4.78, 5) is 16.0. The van der Waals surface area contributed by atoms with E-state index in [1.807, 2.05) is 30.9 Å². The Morgan fingerprint density at radius 2 is 1.95 bits per heavy atom. The molecule has 1 aliphatic rings. The van der Waals surface area contributed by atoms with Crippen molar-refractivity contribution < 1.29 is 4.79 Å². The number of carbonyl (C=O) groups is 1. The van der Waals surface area contributed by atoms with Crippen molar-refractivity contribution in [3.63, 3.8) is 0 Å². The lowest BCUT2D eigenvalue weighted by Gasteiger charge is -2.36. The van der Waals surface area contributed by atoms with Gasteiger partial charge in [0.2, 0.25) is 5.91 Å². The van der Waals surface area contributed by atoms with Crippen LogP contribution in [0.1, 0.15) is 13.8 Å². The van der Waals surface area contributed by atoms with Crippen LogP contribution in [0.5, 0.6) is 0 Å². The molecule has 8 heteroatoms. The lowest BCUT2D eigenvalue weighted by Crippen LogP contribution is -2.50. The van der Waals surface area contributed by atoms with Gasteiger partial charge in [-0.3, -0.25) is 4.79 Å². The van der Waals surface area contributed by atoms with Gasteiger partial charge in [-0.1, -0.05) is 13.8 Å². The normalized spacial score (nSPS) is 16.1. The predicted octanol–water partition coefficient (Wildman–Crippen LogP) is -0.176. The van der Waals surface area contributed by atoms with Crippen LogP contribution in [-0.4, -0.2) is 62.2 Å². The smallest absolute Gasteiger partial charge is 0.225 e. The van der Waals surface area contributed by atoms with Crippen LogP contribution in [0.25, 0.3) is 5.65 Å². The fourth-order valence-corrected chi connectivity index (χ4v) is 2.33. The van der Waals surface area contributed by atoms with Crippen LogP contribution >= 0.6 is 0 Å². The zero-order chi connectivity index (χ0) is 14.1. The molecule has 0 bridgehead atoms. The first-order chi connectivity index (χ1) is 9.65. The molecule has 1 amide bonds.